The fraction of sp³-hybridized carbons (Fsp3) is 0.556. The molecule has 1 aliphatic rings. The molecule has 4 nitrogen and oxygen atoms in total. The molecule has 0 aliphatic heterocycles. The Hall–Kier alpha value is -1.62. The van der Waals surface area contributed by atoms with Crippen LogP contribution < -0.4 is 0 Å². The molecule has 1 amide bonds. The Balaban J connectivity index is 2.07. The van der Waals surface area contributed by atoms with E-state index in [4.69, 9.17) is 16.7 Å². The van der Waals surface area contributed by atoms with Crippen molar-refractivity contribution in [3.63, 3.8) is 0 Å². The van der Waals surface area contributed by atoms with Gasteiger partial charge >= 0.3 is 5.97 Å². The Bertz CT molecular complexity index is 580. The third-order valence-corrected chi connectivity index (χ3v) is 5.00. The largest absolute Gasteiger partial charge is 0.481 e. The molecular formula is C18H23ClFNO3. The van der Waals surface area contributed by atoms with Crippen molar-refractivity contribution in [2.24, 2.45) is 11.8 Å². The summed E-state index contributed by atoms with van der Waals surface area (Å²) < 4.78 is 14.0. The SMILES string of the molecule is CCCN(Cc1c(F)cccc1Cl)C(=O)C1CCC(C(=O)O)CC1. The molecule has 0 bridgehead atoms. The zero-order chi connectivity index (χ0) is 17.7. The Kier molecular flexibility index (Phi) is 6.60. The minimum atomic E-state index is -0.788. The van der Waals surface area contributed by atoms with E-state index in [0.29, 0.717) is 42.8 Å². The number of benzene rings is 1. The topological polar surface area (TPSA) is 57.6 Å². The van der Waals surface area contributed by atoms with Gasteiger partial charge in [-0.1, -0.05) is 24.6 Å². The zero-order valence-corrected chi connectivity index (χ0v) is 14.6. The molecule has 1 aromatic rings. The van der Waals surface area contributed by atoms with E-state index in [9.17, 15) is 14.0 Å². The van der Waals surface area contributed by atoms with E-state index in [-0.39, 0.29) is 24.3 Å². The number of carbonyl (C=O) groups is 2. The van der Waals surface area contributed by atoms with E-state index < -0.39 is 11.8 Å². The average Bonchev–Trinajstić information content (AvgIpc) is 2.56. The quantitative estimate of drug-likeness (QED) is 0.835. The molecule has 0 atom stereocenters. The van der Waals surface area contributed by atoms with Crippen LogP contribution in [0.4, 0.5) is 4.39 Å². The van der Waals surface area contributed by atoms with Crippen LogP contribution in [0.1, 0.15) is 44.6 Å². The highest BCUT2D eigenvalue weighted by Crippen LogP contribution is 2.31. The molecular weight excluding hydrogens is 333 g/mol. The fourth-order valence-electron chi connectivity index (χ4n) is 3.26. The van der Waals surface area contributed by atoms with Gasteiger partial charge in [-0.2, -0.15) is 0 Å². The van der Waals surface area contributed by atoms with E-state index in [2.05, 4.69) is 0 Å². The third-order valence-electron chi connectivity index (χ3n) is 4.64. The molecule has 1 aromatic carbocycles. The van der Waals surface area contributed by atoms with E-state index in [0.717, 1.165) is 6.42 Å². The van der Waals surface area contributed by atoms with Crippen molar-refractivity contribution in [3.8, 4) is 0 Å². The van der Waals surface area contributed by atoms with E-state index in [1.165, 1.54) is 6.07 Å². The number of amides is 1. The van der Waals surface area contributed by atoms with E-state index >= 15 is 0 Å². The van der Waals surface area contributed by atoms with Gasteiger partial charge in [-0.15, -0.1) is 0 Å². The van der Waals surface area contributed by atoms with Gasteiger partial charge in [0, 0.05) is 29.6 Å². The first kappa shape index (κ1) is 18.7. The van der Waals surface area contributed by atoms with Gasteiger partial charge in [-0.3, -0.25) is 9.59 Å². The van der Waals surface area contributed by atoms with Crippen LogP contribution in [0.15, 0.2) is 18.2 Å². The van der Waals surface area contributed by atoms with Crippen LogP contribution in [-0.2, 0) is 16.1 Å². The summed E-state index contributed by atoms with van der Waals surface area (Å²) in [5, 5.41) is 9.38. The maximum atomic E-state index is 14.0. The molecule has 0 heterocycles. The van der Waals surface area contributed by atoms with Crippen molar-refractivity contribution in [2.75, 3.05) is 6.54 Å². The molecule has 0 saturated heterocycles. The van der Waals surface area contributed by atoms with Gasteiger partial charge in [-0.25, -0.2) is 4.39 Å². The highest BCUT2D eigenvalue weighted by atomic mass is 35.5. The van der Waals surface area contributed by atoms with Gasteiger partial charge in [0.25, 0.3) is 0 Å². The number of carboxylic acids is 1. The lowest BCUT2D eigenvalue weighted by Gasteiger charge is -2.31. The van der Waals surface area contributed by atoms with Crippen molar-refractivity contribution in [2.45, 2.75) is 45.6 Å². The lowest BCUT2D eigenvalue weighted by atomic mass is 9.81. The van der Waals surface area contributed by atoms with Crippen LogP contribution >= 0.6 is 11.6 Å². The van der Waals surface area contributed by atoms with Crippen LogP contribution in [0.3, 0.4) is 0 Å². The number of rotatable bonds is 6. The maximum Gasteiger partial charge on any atom is 0.306 e. The van der Waals surface area contributed by atoms with Crippen molar-refractivity contribution in [1.82, 2.24) is 4.90 Å². The highest BCUT2D eigenvalue weighted by Gasteiger charge is 2.32. The van der Waals surface area contributed by atoms with Gasteiger partial charge in [0.2, 0.25) is 5.91 Å². The normalized spacial score (nSPS) is 20.6. The number of aliphatic carboxylic acids is 1. The number of halogens is 2. The lowest BCUT2D eigenvalue weighted by Crippen LogP contribution is -2.38. The second-order valence-corrected chi connectivity index (χ2v) is 6.75. The van der Waals surface area contributed by atoms with Crippen molar-refractivity contribution in [1.29, 1.82) is 0 Å². The summed E-state index contributed by atoms with van der Waals surface area (Å²) in [6.07, 6.45) is 2.95. The van der Waals surface area contributed by atoms with Crippen molar-refractivity contribution >= 4 is 23.5 Å². The molecule has 1 fully saturated rings. The molecule has 0 unspecified atom stereocenters. The summed E-state index contributed by atoms with van der Waals surface area (Å²) in [6.45, 7) is 2.64. The summed E-state index contributed by atoms with van der Waals surface area (Å²) in [7, 11) is 0. The molecule has 2 rings (SSSR count). The Morgan fingerprint density at radius 3 is 2.42 bits per heavy atom. The van der Waals surface area contributed by atoms with Crippen molar-refractivity contribution < 1.29 is 19.1 Å². The maximum absolute atomic E-state index is 14.0. The Morgan fingerprint density at radius 2 is 1.88 bits per heavy atom. The van der Waals surface area contributed by atoms with Gasteiger partial charge in [0.15, 0.2) is 0 Å². The zero-order valence-electron chi connectivity index (χ0n) is 13.8. The summed E-state index contributed by atoms with van der Waals surface area (Å²) in [5.74, 6) is -1.76. The first-order valence-corrected chi connectivity index (χ1v) is 8.76. The molecule has 0 radical (unpaired) electrons. The summed E-state index contributed by atoms with van der Waals surface area (Å²) in [5.41, 5.74) is 0.334. The summed E-state index contributed by atoms with van der Waals surface area (Å²) >= 11 is 6.07. The highest BCUT2D eigenvalue weighted by molar-refractivity contribution is 6.31. The predicted molar refractivity (Wildman–Crippen MR) is 90.2 cm³/mol. The molecule has 1 N–H and O–H groups in total. The number of nitrogens with zero attached hydrogens (tertiary/aromatic N) is 1. The number of carboxylic acid groups (broad SMARTS) is 1. The van der Waals surface area contributed by atoms with Gasteiger partial charge in [-0.05, 0) is 44.2 Å². The van der Waals surface area contributed by atoms with Gasteiger partial charge < -0.3 is 10.0 Å². The van der Waals surface area contributed by atoms with Crippen molar-refractivity contribution in [3.05, 3.63) is 34.6 Å². The van der Waals surface area contributed by atoms with Crippen LogP contribution in [-0.4, -0.2) is 28.4 Å². The fourth-order valence-corrected chi connectivity index (χ4v) is 3.48. The predicted octanol–water partition coefficient (Wildman–Crippen LogP) is 4.11. The first-order chi connectivity index (χ1) is 11.4. The average molecular weight is 356 g/mol. The number of carbonyl (C=O) groups excluding carboxylic acids is 1. The van der Waals surface area contributed by atoms with Crippen LogP contribution in [0, 0.1) is 17.7 Å². The minimum Gasteiger partial charge on any atom is -0.481 e. The smallest absolute Gasteiger partial charge is 0.306 e. The summed E-state index contributed by atoms with van der Waals surface area (Å²) in [6, 6.07) is 4.50. The molecule has 24 heavy (non-hydrogen) atoms. The third kappa shape index (κ3) is 4.47. The number of hydrogen-bond acceptors (Lipinski definition) is 2. The number of hydrogen-bond donors (Lipinski definition) is 1. The van der Waals surface area contributed by atoms with E-state index in [1.807, 2.05) is 6.92 Å². The van der Waals surface area contributed by atoms with E-state index in [1.54, 1.807) is 17.0 Å². The molecule has 1 saturated carbocycles. The van der Waals surface area contributed by atoms with Gasteiger partial charge in [0.1, 0.15) is 5.82 Å². The molecule has 132 valence electrons. The standard InChI is InChI=1S/C18H23ClFNO3/c1-2-10-21(11-14-15(19)4-3-5-16(14)20)17(22)12-6-8-13(9-7-12)18(23)24/h3-5,12-13H,2,6-11H2,1H3,(H,23,24). The van der Waals surface area contributed by atoms with Crippen LogP contribution in [0.5, 0.6) is 0 Å². The molecule has 6 heteroatoms. The Labute approximate surface area is 146 Å². The monoisotopic (exact) mass is 355 g/mol. The molecule has 1 aliphatic carbocycles. The lowest BCUT2D eigenvalue weighted by molar-refractivity contribution is -0.145. The molecule has 0 aromatic heterocycles. The van der Waals surface area contributed by atoms with Crippen LogP contribution in [0.2, 0.25) is 5.02 Å². The van der Waals surface area contributed by atoms with Crippen LogP contribution in [0.25, 0.3) is 0 Å². The first-order valence-electron chi connectivity index (χ1n) is 8.38. The molecule has 0 spiro atoms. The summed E-state index contributed by atoms with van der Waals surface area (Å²) in [4.78, 5) is 25.5. The van der Waals surface area contributed by atoms with Gasteiger partial charge in [0.05, 0.1) is 5.92 Å². The second-order valence-electron chi connectivity index (χ2n) is 6.35. The minimum absolute atomic E-state index is 0.0278. The Morgan fingerprint density at radius 1 is 1.25 bits per heavy atom. The second kappa shape index (κ2) is 8.47.